The fraction of sp³-hybridized carbons (Fsp3) is 0.296. The zero-order valence-corrected chi connectivity index (χ0v) is 24.5. The molecule has 0 saturated heterocycles. The number of carboxylic acids is 1. The summed E-state index contributed by atoms with van der Waals surface area (Å²) >= 11 is 0. The number of rotatable bonds is 10. The number of ether oxygens (including phenoxy) is 3. The van der Waals surface area contributed by atoms with Crippen molar-refractivity contribution in [2.75, 3.05) is 20.8 Å². The van der Waals surface area contributed by atoms with Gasteiger partial charge in [-0.2, -0.15) is 0 Å². The van der Waals surface area contributed by atoms with Crippen LogP contribution < -0.4 is 14.2 Å². The Hall–Kier alpha value is -3.97. The molecule has 0 aliphatic rings. The molecule has 1 N–H and O–H groups in total. The van der Waals surface area contributed by atoms with E-state index >= 15 is 0 Å². The number of benzene rings is 2. The Labute approximate surface area is 234 Å². The molecule has 40 heavy (non-hydrogen) atoms. The van der Waals surface area contributed by atoms with E-state index in [0.29, 0.717) is 39.4 Å². The fourth-order valence-electron chi connectivity index (χ4n) is 4.56. The Morgan fingerprint density at radius 1 is 1.00 bits per heavy atom. The molecule has 1 atom stereocenters. The van der Waals surface area contributed by atoms with Gasteiger partial charge in [0, 0.05) is 23.4 Å². The van der Waals surface area contributed by atoms with E-state index in [-0.39, 0.29) is 27.1 Å². The van der Waals surface area contributed by atoms with Crippen LogP contribution >= 0.6 is 0 Å². The molecule has 11 nitrogen and oxygen atoms in total. The number of aryl methyl sites for hydroxylation is 3. The zero-order chi connectivity index (χ0) is 29.4. The minimum Gasteiger partial charge on any atom is -0.497 e. The van der Waals surface area contributed by atoms with Gasteiger partial charge < -0.3 is 19.3 Å². The van der Waals surface area contributed by atoms with Gasteiger partial charge in [-0.1, -0.05) is 0 Å². The van der Waals surface area contributed by atoms with Gasteiger partial charge in [-0.25, -0.2) is 22.2 Å². The maximum atomic E-state index is 14.3. The van der Waals surface area contributed by atoms with Crippen molar-refractivity contribution >= 4 is 37.8 Å². The van der Waals surface area contributed by atoms with E-state index < -0.39 is 33.4 Å². The van der Waals surface area contributed by atoms with Crippen LogP contribution in [0.25, 0.3) is 11.0 Å². The van der Waals surface area contributed by atoms with Gasteiger partial charge in [-0.3, -0.25) is 9.19 Å². The van der Waals surface area contributed by atoms with Crippen LogP contribution in [0.5, 0.6) is 17.2 Å². The van der Waals surface area contributed by atoms with E-state index in [4.69, 9.17) is 19.3 Å². The van der Waals surface area contributed by atoms with Gasteiger partial charge in [0.15, 0.2) is 6.61 Å². The topological polar surface area (TPSA) is 147 Å². The number of pyridine rings is 1. The lowest BCUT2D eigenvalue weighted by atomic mass is 10.1. The quantitative estimate of drug-likeness (QED) is 0.291. The van der Waals surface area contributed by atoms with E-state index in [2.05, 4.69) is 9.97 Å². The molecule has 1 unspecified atom stereocenters. The minimum atomic E-state index is -4.37. The summed E-state index contributed by atoms with van der Waals surface area (Å²) in [6.45, 7) is 6.24. The van der Waals surface area contributed by atoms with Crippen molar-refractivity contribution in [2.45, 2.75) is 43.5 Å². The summed E-state index contributed by atoms with van der Waals surface area (Å²) in [6, 6.07) is 7.66. The molecule has 2 heterocycles. The molecule has 0 bridgehead atoms. The van der Waals surface area contributed by atoms with Crippen LogP contribution in [0.15, 0.2) is 46.6 Å². The van der Waals surface area contributed by atoms with Crippen LogP contribution in [-0.2, 0) is 31.4 Å². The number of carboxylic acid groups (broad SMARTS) is 1. The van der Waals surface area contributed by atoms with Crippen molar-refractivity contribution in [1.82, 2.24) is 13.9 Å². The molecule has 0 radical (unpaired) electrons. The second-order valence-electron chi connectivity index (χ2n) is 9.12. The molecule has 2 aromatic heterocycles. The van der Waals surface area contributed by atoms with Gasteiger partial charge in [-0.05, 0) is 63.1 Å². The molecule has 0 aliphatic heterocycles. The van der Waals surface area contributed by atoms with Crippen molar-refractivity contribution in [3.05, 3.63) is 64.5 Å². The molecular formula is C27H29N3O8S2. The molecule has 0 saturated carbocycles. The first-order chi connectivity index (χ1) is 18.9. The molecule has 0 amide bonds. The second kappa shape index (κ2) is 11.3. The summed E-state index contributed by atoms with van der Waals surface area (Å²) < 4.78 is 59.4. The van der Waals surface area contributed by atoms with E-state index in [1.165, 1.54) is 32.4 Å². The van der Waals surface area contributed by atoms with Gasteiger partial charge >= 0.3 is 5.97 Å². The predicted octanol–water partition coefficient (Wildman–Crippen LogP) is 3.69. The highest BCUT2D eigenvalue weighted by Gasteiger charge is 2.31. The van der Waals surface area contributed by atoms with Crippen molar-refractivity contribution in [3.8, 4) is 17.2 Å². The van der Waals surface area contributed by atoms with Crippen molar-refractivity contribution in [2.24, 2.45) is 0 Å². The normalized spacial score (nSPS) is 12.3. The number of nitrogens with zero attached hydrogens (tertiary/aromatic N) is 3. The Balaban J connectivity index is 1.89. The molecule has 4 rings (SSSR count). The van der Waals surface area contributed by atoms with Gasteiger partial charge in [0.1, 0.15) is 17.2 Å². The number of fused-ring (bicyclic) bond motifs is 1. The van der Waals surface area contributed by atoms with Crippen molar-refractivity contribution in [3.63, 3.8) is 0 Å². The predicted molar refractivity (Wildman–Crippen MR) is 148 cm³/mol. The maximum Gasteiger partial charge on any atom is 0.341 e. The largest absolute Gasteiger partial charge is 0.497 e. The minimum absolute atomic E-state index is 0.0399. The summed E-state index contributed by atoms with van der Waals surface area (Å²) in [4.78, 5) is 19.8. The molecular weight excluding hydrogens is 558 g/mol. The Morgan fingerprint density at radius 2 is 1.68 bits per heavy atom. The first-order valence-electron chi connectivity index (χ1n) is 12.0. The van der Waals surface area contributed by atoms with E-state index in [1.54, 1.807) is 39.1 Å². The van der Waals surface area contributed by atoms with Gasteiger partial charge in [0.2, 0.25) is 5.16 Å². The van der Waals surface area contributed by atoms with Crippen molar-refractivity contribution in [1.29, 1.82) is 0 Å². The van der Waals surface area contributed by atoms with E-state index in [0.717, 1.165) is 9.54 Å². The number of hydrogen-bond acceptors (Lipinski definition) is 9. The SMILES string of the molecule is COc1ccc2nc(S(=O)Cc3ncc(C)c(OC)c3C)n(S(=O)(=O)c3c(C)cc(OCC(=O)O)cc3C)c2c1. The molecule has 0 spiro atoms. The highest BCUT2D eigenvalue weighted by atomic mass is 32.2. The molecule has 2 aromatic carbocycles. The number of imidazole rings is 1. The molecule has 0 aliphatic carbocycles. The zero-order valence-electron chi connectivity index (χ0n) is 22.8. The maximum absolute atomic E-state index is 14.3. The molecule has 4 aromatic rings. The first-order valence-corrected chi connectivity index (χ1v) is 14.8. The van der Waals surface area contributed by atoms with Crippen molar-refractivity contribution < 1.29 is 36.7 Å². The highest BCUT2D eigenvalue weighted by molar-refractivity contribution is 7.91. The summed E-state index contributed by atoms with van der Waals surface area (Å²) in [5, 5.41) is 8.76. The number of aliphatic carboxylic acids is 1. The second-order valence-corrected chi connectivity index (χ2v) is 12.2. The molecule has 212 valence electrons. The number of hydrogen-bond donors (Lipinski definition) is 1. The number of carbonyl (C=O) groups is 1. The lowest BCUT2D eigenvalue weighted by molar-refractivity contribution is -0.139. The van der Waals surface area contributed by atoms with E-state index in [1.807, 2.05) is 6.92 Å². The van der Waals surface area contributed by atoms with Gasteiger partial charge in [0.25, 0.3) is 10.0 Å². The average Bonchev–Trinajstić information content (AvgIpc) is 3.28. The van der Waals surface area contributed by atoms with Crippen LogP contribution in [0.3, 0.4) is 0 Å². The summed E-state index contributed by atoms with van der Waals surface area (Å²) in [5.41, 5.74) is 3.16. The van der Waals surface area contributed by atoms with Crippen LogP contribution in [0.4, 0.5) is 0 Å². The third kappa shape index (κ3) is 5.39. The first kappa shape index (κ1) is 29.0. The lowest BCUT2D eigenvalue weighted by Crippen LogP contribution is -2.20. The smallest absolute Gasteiger partial charge is 0.341 e. The van der Waals surface area contributed by atoms with Gasteiger partial charge in [0.05, 0.1) is 52.4 Å². The number of methoxy groups -OCH3 is 2. The Kier molecular flexibility index (Phi) is 8.17. The Morgan fingerprint density at radius 3 is 2.27 bits per heavy atom. The third-order valence-electron chi connectivity index (χ3n) is 6.31. The highest BCUT2D eigenvalue weighted by Crippen LogP contribution is 2.33. The summed E-state index contributed by atoms with van der Waals surface area (Å²) in [6.07, 6.45) is 1.61. The van der Waals surface area contributed by atoms with Crippen LogP contribution in [0.1, 0.15) is 27.9 Å². The standard InChI is InChI=1S/C27H29N3O8S2/c1-15-9-20(38-13-24(31)32)10-16(2)26(15)40(34,35)30-23-11-19(36-5)7-8-21(23)29-27(30)39(33)14-22-18(4)25(37-6)17(3)12-28-22/h7-12H,13-14H2,1-6H3,(H,31,32). The number of aromatic nitrogens is 3. The van der Waals surface area contributed by atoms with Crippen LogP contribution in [-0.4, -0.2) is 58.5 Å². The van der Waals surface area contributed by atoms with E-state index in [9.17, 15) is 17.4 Å². The third-order valence-corrected chi connectivity index (χ3v) is 9.65. The molecule has 13 heteroatoms. The van der Waals surface area contributed by atoms with Gasteiger partial charge in [-0.15, -0.1) is 0 Å². The average molecular weight is 588 g/mol. The monoisotopic (exact) mass is 587 g/mol. The Bertz CT molecular complexity index is 1740. The lowest BCUT2D eigenvalue weighted by Gasteiger charge is -2.16. The summed E-state index contributed by atoms with van der Waals surface area (Å²) in [5.74, 6) is -0.0310. The van der Waals surface area contributed by atoms with Crippen LogP contribution in [0, 0.1) is 27.7 Å². The summed E-state index contributed by atoms with van der Waals surface area (Å²) in [7, 11) is -3.31. The molecule has 0 fully saturated rings. The van der Waals surface area contributed by atoms with Crippen LogP contribution in [0.2, 0.25) is 0 Å². The fourth-order valence-corrected chi connectivity index (χ4v) is 8.02.